The highest BCUT2D eigenvalue weighted by Crippen LogP contribution is 2.19. The van der Waals surface area contributed by atoms with E-state index in [9.17, 15) is 19.5 Å². The molecular weight excluding hydrogens is 364 g/mol. The van der Waals surface area contributed by atoms with Crippen LogP contribution in [-0.2, 0) is 4.79 Å². The number of unbranched alkanes of at least 4 members (excludes halogenated alkanes) is 3. The van der Waals surface area contributed by atoms with Crippen LogP contribution in [0.25, 0.3) is 5.69 Å². The Balaban J connectivity index is 2.22. The van der Waals surface area contributed by atoms with Crippen molar-refractivity contribution in [3.8, 4) is 17.3 Å². The molecule has 2 rings (SSSR count). The van der Waals surface area contributed by atoms with E-state index in [1.807, 2.05) is 0 Å². The van der Waals surface area contributed by atoms with Crippen LogP contribution in [0.5, 0.6) is 11.6 Å². The molecule has 0 radical (unpaired) electrons. The maximum atomic E-state index is 12.2. The van der Waals surface area contributed by atoms with Crippen LogP contribution < -0.4 is 21.4 Å². The van der Waals surface area contributed by atoms with Crippen LogP contribution in [0.1, 0.15) is 44.6 Å². The van der Waals surface area contributed by atoms with Crippen molar-refractivity contribution in [1.82, 2.24) is 15.0 Å². The van der Waals surface area contributed by atoms with E-state index in [0.29, 0.717) is 17.9 Å². The summed E-state index contributed by atoms with van der Waals surface area (Å²) in [7, 11) is 1.47. The third-order valence-corrected chi connectivity index (χ3v) is 4.07. The number of aromatic amines is 1. The molecule has 1 amide bonds. The number of nitrogens with zero attached hydrogens (tertiary/aromatic N) is 2. The molecule has 1 aromatic carbocycles. The predicted molar refractivity (Wildman–Crippen MR) is 105 cm³/mol. The number of H-pyrrole nitrogens is 1. The quantitative estimate of drug-likeness (QED) is 0.342. The van der Waals surface area contributed by atoms with Gasteiger partial charge in [-0.25, -0.2) is 14.8 Å². The highest BCUT2D eigenvalue weighted by Gasteiger charge is 2.14. The number of hydrazone groups is 1. The van der Waals surface area contributed by atoms with E-state index in [4.69, 9.17) is 4.74 Å². The van der Waals surface area contributed by atoms with Gasteiger partial charge >= 0.3 is 5.69 Å². The molecule has 0 atom stereocenters. The van der Waals surface area contributed by atoms with Crippen molar-refractivity contribution in [3.63, 3.8) is 0 Å². The summed E-state index contributed by atoms with van der Waals surface area (Å²) in [5.74, 6) is -0.409. The van der Waals surface area contributed by atoms with Gasteiger partial charge in [0.2, 0.25) is 11.8 Å². The minimum absolute atomic E-state index is 0.256. The van der Waals surface area contributed by atoms with Gasteiger partial charge in [0.05, 0.1) is 19.0 Å². The second kappa shape index (κ2) is 10.1. The Morgan fingerprint density at radius 2 is 2.11 bits per heavy atom. The summed E-state index contributed by atoms with van der Waals surface area (Å²) in [5, 5.41) is 14.1. The third kappa shape index (κ3) is 5.32. The van der Waals surface area contributed by atoms with Crippen molar-refractivity contribution in [2.75, 3.05) is 7.11 Å². The van der Waals surface area contributed by atoms with Gasteiger partial charge in [0.25, 0.3) is 5.56 Å². The molecule has 0 aliphatic carbocycles. The fraction of sp³-hybridized carbons (Fsp3) is 0.368. The van der Waals surface area contributed by atoms with Gasteiger partial charge < -0.3 is 9.84 Å². The average molecular weight is 388 g/mol. The lowest BCUT2D eigenvalue weighted by Crippen LogP contribution is -2.31. The standard InChI is InChI=1S/C19H24N4O5/c1-3-4-5-6-10-16(24)22-20-12-15-17(25)21-19(27)23(18(15)26)13-8-7-9-14(11-13)28-2/h7-9,11-12,26H,3-6,10H2,1-2H3,(H,22,24)(H,21,25,27). The number of rotatable bonds is 9. The Morgan fingerprint density at radius 1 is 1.32 bits per heavy atom. The number of aromatic nitrogens is 2. The molecule has 0 spiro atoms. The molecule has 150 valence electrons. The summed E-state index contributed by atoms with van der Waals surface area (Å²) in [5.41, 5.74) is 0.728. The molecule has 3 N–H and O–H groups in total. The SMILES string of the molecule is CCCCCCC(=O)NN=Cc1c(O)n(-c2cccc(OC)c2)c(=O)[nH]c1=O. The molecular formula is C19H24N4O5. The first-order valence-corrected chi connectivity index (χ1v) is 9.02. The molecule has 0 fully saturated rings. The summed E-state index contributed by atoms with van der Waals surface area (Å²) >= 11 is 0. The second-order valence-corrected chi connectivity index (χ2v) is 6.14. The molecule has 0 saturated carbocycles. The Hall–Kier alpha value is -3.36. The third-order valence-electron chi connectivity index (χ3n) is 4.07. The summed E-state index contributed by atoms with van der Waals surface area (Å²) in [4.78, 5) is 38.0. The first kappa shape index (κ1) is 20.9. The lowest BCUT2D eigenvalue weighted by molar-refractivity contribution is -0.121. The van der Waals surface area contributed by atoms with Gasteiger partial charge in [0.15, 0.2) is 0 Å². The normalized spacial score (nSPS) is 10.9. The van der Waals surface area contributed by atoms with E-state index in [1.54, 1.807) is 18.2 Å². The zero-order valence-electron chi connectivity index (χ0n) is 15.9. The zero-order valence-corrected chi connectivity index (χ0v) is 15.9. The molecule has 0 bridgehead atoms. The van der Waals surface area contributed by atoms with Crippen LogP contribution in [0.2, 0.25) is 0 Å². The van der Waals surface area contributed by atoms with E-state index in [-0.39, 0.29) is 11.5 Å². The van der Waals surface area contributed by atoms with Gasteiger partial charge in [-0.2, -0.15) is 5.10 Å². The van der Waals surface area contributed by atoms with Crippen molar-refractivity contribution in [1.29, 1.82) is 0 Å². The largest absolute Gasteiger partial charge is 0.497 e. The molecule has 28 heavy (non-hydrogen) atoms. The van der Waals surface area contributed by atoms with E-state index in [2.05, 4.69) is 22.4 Å². The van der Waals surface area contributed by atoms with Gasteiger partial charge in [-0.15, -0.1) is 0 Å². The molecule has 0 aliphatic heterocycles. The first-order valence-electron chi connectivity index (χ1n) is 9.02. The number of hydrogen-bond donors (Lipinski definition) is 3. The van der Waals surface area contributed by atoms with Crippen molar-refractivity contribution < 1.29 is 14.6 Å². The molecule has 1 heterocycles. The van der Waals surface area contributed by atoms with Crippen LogP contribution >= 0.6 is 0 Å². The molecule has 2 aromatic rings. The number of hydrogen-bond acceptors (Lipinski definition) is 6. The number of nitrogens with one attached hydrogen (secondary N) is 2. The average Bonchev–Trinajstić information content (AvgIpc) is 2.67. The van der Waals surface area contributed by atoms with E-state index < -0.39 is 17.1 Å². The lowest BCUT2D eigenvalue weighted by atomic mass is 10.1. The maximum absolute atomic E-state index is 12.2. The predicted octanol–water partition coefficient (Wildman–Crippen LogP) is 1.66. The highest BCUT2D eigenvalue weighted by molar-refractivity contribution is 5.84. The number of carbonyl (C=O) groups excluding carboxylic acids is 1. The van der Waals surface area contributed by atoms with Gasteiger partial charge in [-0.1, -0.05) is 32.3 Å². The fourth-order valence-electron chi connectivity index (χ4n) is 2.58. The van der Waals surface area contributed by atoms with Gasteiger partial charge in [0.1, 0.15) is 11.3 Å². The second-order valence-electron chi connectivity index (χ2n) is 6.14. The van der Waals surface area contributed by atoms with Crippen molar-refractivity contribution >= 4 is 12.1 Å². The number of ether oxygens (including phenoxy) is 1. The number of aromatic hydroxyl groups is 1. The molecule has 9 heteroatoms. The van der Waals surface area contributed by atoms with Crippen molar-refractivity contribution in [2.24, 2.45) is 5.10 Å². The lowest BCUT2D eigenvalue weighted by Gasteiger charge is -2.10. The van der Waals surface area contributed by atoms with Crippen LogP contribution in [0.3, 0.4) is 0 Å². The van der Waals surface area contributed by atoms with Gasteiger partial charge in [0, 0.05) is 12.5 Å². The summed E-state index contributed by atoms with van der Waals surface area (Å²) < 4.78 is 6.02. The Labute approximate surface area is 161 Å². The smallest absolute Gasteiger partial charge is 0.335 e. The topological polar surface area (TPSA) is 126 Å². The number of amides is 1. The molecule has 0 saturated heterocycles. The van der Waals surface area contributed by atoms with Crippen molar-refractivity contribution in [3.05, 3.63) is 50.7 Å². The molecule has 1 aromatic heterocycles. The summed E-state index contributed by atoms with van der Waals surface area (Å²) in [6.07, 6.45) is 5.18. The van der Waals surface area contributed by atoms with Crippen LogP contribution in [0.4, 0.5) is 0 Å². The number of methoxy groups -OCH3 is 1. The van der Waals surface area contributed by atoms with E-state index in [0.717, 1.165) is 36.5 Å². The summed E-state index contributed by atoms with van der Waals surface area (Å²) in [6.45, 7) is 2.08. The fourth-order valence-corrected chi connectivity index (χ4v) is 2.58. The monoisotopic (exact) mass is 388 g/mol. The first-order chi connectivity index (χ1) is 13.5. The Bertz CT molecular complexity index is 962. The van der Waals surface area contributed by atoms with Crippen LogP contribution in [-0.4, -0.2) is 33.9 Å². The van der Waals surface area contributed by atoms with Crippen LogP contribution in [0.15, 0.2) is 39.0 Å². The number of benzene rings is 1. The van der Waals surface area contributed by atoms with Crippen LogP contribution in [0, 0.1) is 0 Å². The minimum Gasteiger partial charge on any atom is -0.497 e. The van der Waals surface area contributed by atoms with Gasteiger partial charge in [-0.3, -0.25) is 14.6 Å². The van der Waals surface area contributed by atoms with Gasteiger partial charge in [-0.05, 0) is 18.6 Å². The van der Waals surface area contributed by atoms with Crippen molar-refractivity contribution in [2.45, 2.75) is 39.0 Å². The van der Waals surface area contributed by atoms with E-state index >= 15 is 0 Å². The highest BCUT2D eigenvalue weighted by atomic mass is 16.5. The molecule has 9 nitrogen and oxygen atoms in total. The number of carbonyl (C=O) groups is 1. The Morgan fingerprint density at radius 3 is 2.82 bits per heavy atom. The van der Waals surface area contributed by atoms with E-state index in [1.165, 1.54) is 13.2 Å². The molecule has 0 aliphatic rings. The Kier molecular flexibility index (Phi) is 7.55. The zero-order chi connectivity index (χ0) is 20.5. The maximum Gasteiger partial charge on any atom is 0.335 e. The minimum atomic E-state index is -0.817. The summed E-state index contributed by atoms with van der Waals surface area (Å²) in [6, 6.07) is 6.41. The molecule has 0 unspecified atom stereocenters.